The highest BCUT2D eigenvalue weighted by molar-refractivity contribution is 5.37. The predicted molar refractivity (Wildman–Crippen MR) is 79.4 cm³/mol. The van der Waals surface area contributed by atoms with Crippen LogP contribution in [-0.2, 0) is 6.42 Å². The first kappa shape index (κ1) is 14.5. The molecule has 106 valence electrons. The number of aromatic hydroxyl groups is 1. The van der Waals surface area contributed by atoms with Crippen LogP contribution in [0.5, 0.6) is 5.75 Å². The van der Waals surface area contributed by atoms with Gasteiger partial charge in [-0.1, -0.05) is 24.3 Å². The first-order chi connectivity index (χ1) is 9.56. The van der Waals surface area contributed by atoms with Gasteiger partial charge in [0.05, 0.1) is 0 Å². The van der Waals surface area contributed by atoms with Crippen molar-refractivity contribution >= 4 is 0 Å². The molecule has 2 N–H and O–H groups in total. The first-order valence-electron chi connectivity index (χ1n) is 6.83. The second kappa shape index (κ2) is 6.53. The van der Waals surface area contributed by atoms with E-state index < -0.39 is 0 Å². The maximum absolute atomic E-state index is 13.1. The molecule has 2 nitrogen and oxygen atoms in total. The molecule has 20 heavy (non-hydrogen) atoms. The SMILES string of the molecule is Cc1ccc(C(C)NCCc2cccc(F)c2)c(O)c1. The lowest BCUT2D eigenvalue weighted by Gasteiger charge is -2.16. The van der Waals surface area contributed by atoms with E-state index >= 15 is 0 Å². The molecule has 2 rings (SSSR count). The van der Waals surface area contributed by atoms with Crippen molar-refractivity contribution in [1.82, 2.24) is 5.32 Å². The zero-order valence-electron chi connectivity index (χ0n) is 11.9. The van der Waals surface area contributed by atoms with E-state index in [4.69, 9.17) is 0 Å². The number of phenols is 1. The van der Waals surface area contributed by atoms with Gasteiger partial charge in [-0.2, -0.15) is 0 Å². The number of rotatable bonds is 5. The molecule has 0 bridgehead atoms. The van der Waals surface area contributed by atoms with E-state index in [9.17, 15) is 9.50 Å². The highest BCUT2D eigenvalue weighted by Gasteiger charge is 2.09. The molecule has 0 saturated carbocycles. The molecule has 1 atom stereocenters. The van der Waals surface area contributed by atoms with E-state index in [2.05, 4.69) is 5.32 Å². The summed E-state index contributed by atoms with van der Waals surface area (Å²) in [6.45, 7) is 4.69. The minimum absolute atomic E-state index is 0.0594. The van der Waals surface area contributed by atoms with Crippen LogP contribution in [0.4, 0.5) is 4.39 Å². The standard InChI is InChI=1S/C17H20FNO/c1-12-6-7-16(17(20)10-12)13(2)19-9-8-14-4-3-5-15(18)11-14/h3-7,10-11,13,19-20H,8-9H2,1-2H3. The van der Waals surface area contributed by atoms with Crippen molar-refractivity contribution in [3.05, 3.63) is 65.0 Å². The second-order valence-electron chi connectivity index (χ2n) is 5.12. The second-order valence-corrected chi connectivity index (χ2v) is 5.12. The summed E-state index contributed by atoms with van der Waals surface area (Å²) in [7, 11) is 0. The Kier molecular flexibility index (Phi) is 4.74. The molecule has 1 unspecified atom stereocenters. The van der Waals surface area contributed by atoms with Crippen LogP contribution in [0, 0.1) is 12.7 Å². The third-order valence-corrected chi connectivity index (χ3v) is 3.41. The number of halogens is 1. The van der Waals surface area contributed by atoms with E-state index in [0.717, 1.165) is 29.7 Å². The van der Waals surface area contributed by atoms with Crippen LogP contribution < -0.4 is 5.32 Å². The van der Waals surface area contributed by atoms with Crippen LogP contribution in [0.3, 0.4) is 0 Å². The summed E-state index contributed by atoms with van der Waals surface area (Å²) in [5, 5.41) is 13.3. The highest BCUT2D eigenvalue weighted by atomic mass is 19.1. The fourth-order valence-electron chi connectivity index (χ4n) is 2.26. The maximum Gasteiger partial charge on any atom is 0.123 e. The highest BCUT2D eigenvalue weighted by Crippen LogP contribution is 2.24. The van der Waals surface area contributed by atoms with E-state index in [0.29, 0.717) is 5.75 Å². The van der Waals surface area contributed by atoms with Gasteiger partial charge in [0.2, 0.25) is 0 Å². The van der Waals surface area contributed by atoms with Gasteiger partial charge in [-0.3, -0.25) is 0 Å². The average molecular weight is 273 g/mol. The van der Waals surface area contributed by atoms with Gasteiger partial charge < -0.3 is 10.4 Å². The van der Waals surface area contributed by atoms with Gasteiger partial charge in [-0.05, 0) is 56.1 Å². The quantitative estimate of drug-likeness (QED) is 0.870. The van der Waals surface area contributed by atoms with Gasteiger partial charge in [0, 0.05) is 11.6 Å². The van der Waals surface area contributed by atoms with Crippen molar-refractivity contribution in [3.8, 4) is 5.75 Å². The van der Waals surface area contributed by atoms with Gasteiger partial charge >= 0.3 is 0 Å². The summed E-state index contributed by atoms with van der Waals surface area (Å²) in [6.07, 6.45) is 0.759. The van der Waals surface area contributed by atoms with Crippen molar-refractivity contribution in [2.45, 2.75) is 26.3 Å². The van der Waals surface area contributed by atoms with Crippen LogP contribution in [0.2, 0.25) is 0 Å². The van der Waals surface area contributed by atoms with Gasteiger partial charge in [-0.15, -0.1) is 0 Å². The average Bonchev–Trinajstić information content (AvgIpc) is 2.38. The van der Waals surface area contributed by atoms with Gasteiger partial charge in [-0.25, -0.2) is 4.39 Å². The molecular weight excluding hydrogens is 253 g/mol. The largest absolute Gasteiger partial charge is 0.508 e. The lowest BCUT2D eigenvalue weighted by Crippen LogP contribution is -2.21. The van der Waals surface area contributed by atoms with Crippen LogP contribution in [0.25, 0.3) is 0 Å². The van der Waals surface area contributed by atoms with E-state index in [1.54, 1.807) is 18.2 Å². The fraction of sp³-hybridized carbons (Fsp3) is 0.294. The summed E-state index contributed by atoms with van der Waals surface area (Å²) in [5.74, 6) is 0.113. The number of hydrogen-bond acceptors (Lipinski definition) is 2. The Hall–Kier alpha value is -1.87. The van der Waals surface area contributed by atoms with Crippen LogP contribution in [0.1, 0.15) is 29.7 Å². The monoisotopic (exact) mass is 273 g/mol. The summed E-state index contributed by atoms with van der Waals surface area (Å²) in [6, 6.07) is 12.4. The maximum atomic E-state index is 13.1. The van der Waals surface area contributed by atoms with E-state index in [1.165, 1.54) is 6.07 Å². The van der Waals surface area contributed by atoms with E-state index in [1.807, 2.05) is 32.0 Å². The molecule has 3 heteroatoms. The molecular formula is C17H20FNO. The van der Waals surface area contributed by atoms with Crippen molar-refractivity contribution in [1.29, 1.82) is 0 Å². The smallest absolute Gasteiger partial charge is 0.123 e. The Balaban J connectivity index is 1.90. The Morgan fingerprint density at radius 1 is 1.20 bits per heavy atom. The van der Waals surface area contributed by atoms with Crippen LogP contribution in [-0.4, -0.2) is 11.7 Å². The molecule has 0 saturated heterocycles. The molecule has 0 fully saturated rings. The van der Waals surface area contributed by atoms with Crippen LogP contribution >= 0.6 is 0 Å². The minimum atomic E-state index is -0.202. The molecule has 0 radical (unpaired) electrons. The molecule has 2 aromatic rings. The lowest BCUT2D eigenvalue weighted by molar-refractivity contribution is 0.452. The molecule has 0 aliphatic carbocycles. The summed E-state index contributed by atoms with van der Waals surface area (Å²) < 4.78 is 13.1. The van der Waals surface area contributed by atoms with Gasteiger partial charge in [0.25, 0.3) is 0 Å². The summed E-state index contributed by atoms with van der Waals surface area (Å²) >= 11 is 0. The number of nitrogens with one attached hydrogen (secondary N) is 1. The first-order valence-corrected chi connectivity index (χ1v) is 6.83. The third-order valence-electron chi connectivity index (χ3n) is 3.41. The Morgan fingerprint density at radius 3 is 2.70 bits per heavy atom. The zero-order valence-corrected chi connectivity index (χ0v) is 11.9. The Bertz CT molecular complexity index is 583. The van der Waals surface area contributed by atoms with Crippen molar-refractivity contribution in [3.63, 3.8) is 0 Å². The third kappa shape index (κ3) is 3.81. The van der Waals surface area contributed by atoms with Crippen molar-refractivity contribution in [2.24, 2.45) is 0 Å². The number of aryl methyl sites for hydroxylation is 1. The number of phenolic OH excluding ortho intramolecular Hbond substituents is 1. The molecule has 0 spiro atoms. The molecule has 0 aromatic heterocycles. The summed E-state index contributed by atoms with van der Waals surface area (Å²) in [4.78, 5) is 0. The molecule has 0 amide bonds. The number of hydrogen-bond donors (Lipinski definition) is 2. The molecule has 0 aliphatic heterocycles. The lowest BCUT2D eigenvalue weighted by atomic mass is 10.0. The van der Waals surface area contributed by atoms with Crippen LogP contribution in [0.15, 0.2) is 42.5 Å². The van der Waals surface area contributed by atoms with Crippen molar-refractivity contribution < 1.29 is 9.50 Å². The predicted octanol–water partition coefficient (Wildman–Crippen LogP) is 3.73. The number of benzene rings is 2. The zero-order chi connectivity index (χ0) is 14.5. The Morgan fingerprint density at radius 2 is 2.00 bits per heavy atom. The Labute approximate surface area is 119 Å². The van der Waals surface area contributed by atoms with Gasteiger partial charge in [0.15, 0.2) is 0 Å². The van der Waals surface area contributed by atoms with E-state index in [-0.39, 0.29) is 11.9 Å². The van der Waals surface area contributed by atoms with Gasteiger partial charge in [0.1, 0.15) is 11.6 Å². The van der Waals surface area contributed by atoms with Crippen molar-refractivity contribution in [2.75, 3.05) is 6.54 Å². The minimum Gasteiger partial charge on any atom is -0.508 e. The molecule has 0 heterocycles. The molecule has 0 aliphatic rings. The molecule has 2 aromatic carbocycles. The summed E-state index contributed by atoms with van der Waals surface area (Å²) in [5.41, 5.74) is 2.89. The normalized spacial score (nSPS) is 12.3. The topological polar surface area (TPSA) is 32.3 Å². The fourth-order valence-corrected chi connectivity index (χ4v) is 2.26.